The molecular weight excluding hydrogens is 310 g/mol. The standard InChI is InChI=1S/C22H31NO2/c1-14(23)19-5-6-20-18-4-3-15-13-22(24-11-12-25-22)10-8-16(15)17(18)7-9-21(19,20)2/h7,18-20,23H,3-6,8-13H2,1-2H3. The number of ether oxygens (including phenoxy) is 2. The smallest absolute Gasteiger partial charge is 0.172 e. The third-order valence-corrected chi connectivity index (χ3v) is 8.16. The van der Waals surface area contributed by atoms with Gasteiger partial charge in [0.1, 0.15) is 0 Å². The van der Waals surface area contributed by atoms with Gasteiger partial charge in [0.05, 0.1) is 13.2 Å². The Balaban J connectivity index is 1.47. The number of nitrogens with one attached hydrogen (secondary N) is 1. The van der Waals surface area contributed by atoms with Crippen LogP contribution in [0.5, 0.6) is 0 Å². The zero-order valence-corrected chi connectivity index (χ0v) is 15.7. The van der Waals surface area contributed by atoms with Crippen molar-refractivity contribution in [1.82, 2.24) is 0 Å². The Bertz CT molecular complexity index is 670. The number of rotatable bonds is 1. The van der Waals surface area contributed by atoms with Crippen LogP contribution in [0.25, 0.3) is 0 Å². The fraction of sp³-hybridized carbons (Fsp3) is 0.773. The van der Waals surface area contributed by atoms with E-state index in [0.29, 0.717) is 11.3 Å². The summed E-state index contributed by atoms with van der Waals surface area (Å²) in [6.07, 6.45) is 12.0. The molecule has 0 amide bonds. The van der Waals surface area contributed by atoms with E-state index in [1.54, 1.807) is 16.7 Å². The van der Waals surface area contributed by atoms with Gasteiger partial charge in [0.2, 0.25) is 0 Å². The first kappa shape index (κ1) is 16.3. The fourth-order valence-corrected chi connectivity index (χ4v) is 7.00. The highest BCUT2D eigenvalue weighted by Gasteiger charge is 2.54. The van der Waals surface area contributed by atoms with Crippen molar-refractivity contribution in [1.29, 1.82) is 5.41 Å². The average molecular weight is 341 g/mol. The van der Waals surface area contributed by atoms with Crippen LogP contribution in [0.15, 0.2) is 22.8 Å². The lowest BCUT2D eigenvalue weighted by Crippen LogP contribution is -2.42. The van der Waals surface area contributed by atoms with Gasteiger partial charge in [-0.25, -0.2) is 0 Å². The van der Waals surface area contributed by atoms with Crippen LogP contribution in [0.3, 0.4) is 0 Å². The molecule has 0 aromatic carbocycles. The molecule has 0 aromatic rings. The summed E-state index contributed by atoms with van der Waals surface area (Å²) in [5, 5.41) is 8.25. The normalized spacial score (nSPS) is 42.0. The number of hydrogen-bond donors (Lipinski definition) is 1. The predicted octanol–water partition coefficient (Wildman–Crippen LogP) is 5.02. The van der Waals surface area contributed by atoms with Gasteiger partial charge in [0.25, 0.3) is 0 Å². The van der Waals surface area contributed by atoms with E-state index in [4.69, 9.17) is 14.9 Å². The molecule has 0 radical (unpaired) electrons. The molecule has 0 bridgehead atoms. The number of allylic oxidation sites excluding steroid dienone is 3. The fourth-order valence-electron chi connectivity index (χ4n) is 7.00. The minimum atomic E-state index is -0.287. The van der Waals surface area contributed by atoms with E-state index in [-0.39, 0.29) is 5.79 Å². The Morgan fingerprint density at radius 2 is 1.96 bits per heavy atom. The van der Waals surface area contributed by atoms with Crippen molar-refractivity contribution in [2.75, 3.05) is 13.2 Å². The molecule has 2 fully saturated rings. The molecule has 5 aliphatic rings. The molecule has 136 valence electrons. The van der Waals surface area contributed by atoms with Gasteiger partial charge in [-0.2, -0.15) is 0 Å². The second-order valence-electron chi connectivity index (χ2n) is 9.30. The first-order valence-corrected chi connectivity index (χ1v) is 10.3. The number of hydrogen-bond acceptors (Lipinski definition) is 3. The molecule has 3 nitrogen and oxygen atoms in total. The van der Waals surface area contributed by atoms with Gasteiger partial charge in [-0.1, -0.05) is 18.6 Å². The van der Waals surface area contributed by atoms with Crippen LogP contribution in [0.1, 0.15) is 65.2 Å². The third kappa shape index (κ3) is 2.28. The highest BCUT2D eigenvalue weighted by Crippen LogP contribution is 2.61. The SMILES string of the molecule is CC(=N)C1CCC2C3CCC4=C(CCC5(C4)OCCO5)C3=CCC12C. The van der Waals surface area contributed by atoms with Crippen LogP contribution in [-0.4, -0.2) is 24.7 Å². The lowest BCUT2D eigenvalue weighted by atomic mass is 9.57. The van der Waals surface area contributed by atoms with E-state index in [2.05, 4.69) is 13.0 Å². The van der Waals surface area contributed by atoms with Crippen LogP contribution in [0, 0.1) is 28.6 Å². The minimum Gasteiger partial charge on any atom is -0.347 e. The zero-order valence-electron chi connectivity index (χ0n) is 15.7. The summed E-state index contributed by atoms with van der Waals surface area (Å²) < 4.78 is 12.0. The van der Waals surface area contributed by atoms with Crippen molar-refractivity contribution in [2.24, 2.45) is 23.2 Å². The first-order valence-electron chi connectivity index (χ1n) is 10.3. The molecule has 4 aliphatic carbocycles. The molecule has 5 rings (SSSR count). The van der Waals surface area contributed by atoms with E-state index in [1.807, 2.05) is 6.92 Å². The Kier molecular flexibility index (Phi) is 3.60. The highest BCUT2D eigenvalue weighted by molar-refractivity contribution is 5.82. The van der Waals surface area contributed by atoms with E-state index in [1.165, 1.54) is 32.1 Å². The Morgan fingerprint density at radius 1 is 1.16 bits per heavy atom. The van der Waals surface area contributed by atoms with Gasteiger partial charge in [-0.3, -0.25) is 0 Å². The van der Waals surface area contributed by atoms with Gasteiger partial charge in [-0.15, -0.1) is 0 Å². The summed E-state index contributed by atoms with van der Waals surface area (Å²) in [5.74, 6) is 1.73. The monoisotopic (exact) mass is 341 g/mol. The summed E-state index contributed by atoms with van der Waals surface area (Å²) in [6, 6.07) is 0. The predicted molar refractivity (Wildman–Crippen MR) is 98.7 cm³/mol. The summed E-state index contributed by atoms with van der Waals surface area (Å²) >= 11 is 0. The van der Waals surface area contributed by atoms with Crippen molar-refractivity contribution < 1.29 is 9.47 Å². The second-order valence-corrected chi connectivity index (χ2v) is 9.30. The zero-order chi connectivity index (χ0) is 17.2. The first-order chi connectivity index (χ1) is 12.0. The maximum absolute atomic E-state index is 8.25. The van der Waals surface area contributed by atoms with Crippen molar-refractivity contribution in [2.45, 2.75) is 71.0 Å². The largest absolute Gasteiger partial charge is 0.347 e. The Morgan fingerprint density at radius 3 is 2.72 bits per heavy atom. The summed E-state index contributed by atoms with van der Waals surface area (Å²) in [4.78, 5) is 0. The van der Waals surface area contributed by atoms with Gasteiger partial charge in [0.15, 0.2) is 5.79 Å². The number of fused-ring (bicyclic) bond motifs is 4. The van der Waals surface area contributed by atoms with Crippen molar-refractivity contribution >= 4 is 5.71 Å². The summed E-state index contributed by atoms with van der Waals surface area (Å²) in [5.41, 5.74) is 6.20. The molecular formula is C22H31NO2. The van der Waals surface area contributed by atoms with Gasteiger partial charge >= 0.3 is 0 Å². The molecule has 4 atom stereocenters. The lowest BCUT2D eigenvalue weighted by molar-refractivity contribution is -0.164. The maximum Gasteiger partial charge on any atom is 0.172 e. The van der Waals surface area contributed by atoms with Crippen LogP contribution in [-0.2, 0) is 9.47 Å². The van der Waals surface area contributed by atoms with E-state index in [9.17, 15) is 0 Å². The van der Waals surface area contributed by atoms with E-state index < -0.39 is 0 Å². The average Bonchev–Trinajstić information content (AvgIpc) is 3.18. The van der Waals surface area contributed by atoms with Crippen LogP contribution < -0.4 is 0 Å². The molecule has 1 saturated carbocycles. The van der Waals surface area contributed by atoms with Crippen molar-refractivity contribution in [3.05, 3.63) is 22.8 Å². The quantitative estimate of drug-likeness (QED) is 0.680. The topological polar surface area (TPSA) is 42.3 Å². The summed E-state index contributed by atoms with van der Waals surface area (Å²) in [7, 11) is 0. The molecule has 1 spiro atoms. The highest BCUT2D eigenvalue weighted by atomic mass is 16.7. The van der Waals surface area contributed by atoms with Gasteiger partial charge in [0, 0.05) is 24.5 Å². The molecule has 1 saturated heterocycles. The third-order valence-electron chi connectivity index (χ3n) is 8.16. The van der Waals surface area contributed by atoms with Gasteiger partial charge < -0.3 is 14.9 Å². The van der Waals surface area contributed by atoms with Crippen molar-refractivity contribution in [3.8, 4) is 0 Å². The van der Waals surface area contributed by atoms with Crippen LogP contribution >= 0.6 is 0 Å². The maximum atomic E-state index is 8.25. The Hall–Kier alpha value is -0.930. The molecule has 0 aromatic heterocycles. The molecule has 3 heteroatoms. The molecule has 1 heterocycles. The Labute approximate surface area is 151 Å². The molecule has 1 aliphatic heterocycles. The van der Waals surface area contributed by atoms with E-state index in [0.717, 1.165) is 50.0 Å². The second kappa shape index (κ2) is 5.53. The molecule has 1 N–H and O–H groups in total. The lowest BCUT2D eigenvalue weighted by Gasteiger charge is -2.49. The molecule has 4 unspecified atom stereocenters. The van der Waals surface area contributed by atoms with Crippen LogP contribution in [0.4, 0.5) is 0 Å². The van der Waals surface area contributed by atoms with Crippen LogP contribution in [0.2, 0.25) is 0 Å². The summed E-state index contributed by atoms with van der Waals surface area (Å²) in [6.45, 7) is 6.03. The van der Waals surface area contributed by atoms with E-state index >= 15 is 0 Å². The minimum absolute atomic E-state index is 0.287. The molecule has 25 heavy (non-hydrogen) atoms. The van der Waals surface area contributed by atoms with Crippen molar-refractivity contribution in [3.63, 3.8) is 0 Å². The van der Waals surface area contributed by atoms with Gasteiger partial charge in [-0.05, 0) is 73.8 Å².